The first-order valence-electron chi connectivity index (χ1n) is 9.42. The number of nitrogens with one attached hydrogen (secondary N) is 1. The highest BCUT2D eigenvalue weighted by Gasteiger charge is 2.28. The third-order valence-corrected chi connectivity index (χ3v) is 6.26. The van der Waals surface area contributed by atoms with Gasteiger partial charge in [0.05, 0.1) is 0 Å². The van der Waals surface area contributed by atoms with Crippen LogP contribution < -0.4 is 0 Å². The number of fused-ring (bicyclic) bond motifs is 2. The molecule has 2 aromatic carbocycles. The predicted molar refractivity (Wildman–Crippen MR) is 110 cm³/mol. The molecule has 0 radical (unpaired) electrons. The molecule has 1 aromatic heterocycles. The van der Waals surface area contributed by atoms with E-state index in [1.165, 1.54) is 33.2 Å². The lowest BCUT2D eigenvalue weighted by Crippen LogP contribution is -2.36. The molecule has 136 valence electrons. The molecule has 3 aromatic rings. The minimum atomic E-state index is 0.0323. The molecule has 1 N–H and O–H groups in total. The topological polar surface area (TPSA) is 22.3 Å². The van der Waals surface area contributed by atoms with Gasteiger partial charge in [-0.05, 0) is 80.8 Å². The Balaban J connectivity index is 1.78. The average molecular weight is 348 g/mol. The summed E-state index contributed by atoms with van der Waals surface area (Å²) in [4.78, 5) is 8.03. The molecular formula is C23H29N3. The lowest BCUT2D eigenvalue weighted by molar-refractivity contribution is 0.197. The Hall–Kier alpha value is -2.10. The maximum atomic E-state index is 3.30. The van der Waals surface area contributed by atoms with E-state index < -0.39 is 0 Å². The second kappa shape index (κ2) is 6.26. The molecule has 0 bridgehead atoms. The van der Waals surface area contributed by atoms with Gasteiger partial charge in [0.15, 0.2) is 0 Å². The average Bonchev–Trinajstić information content (AvgIpc) is 3.07. The van der Waals surface area contributed by atoms with E-state index in [1.54, 1.807) is 0 Å². The van der Waals surface area contributed by atoms with E-state index in [0.717, 1.165) is 13.1 Å². The van der Waals surface area contributed by atoms with E-state index in [1.807, 2.05) is 6.20 Å². The lowest BCUT2D eigenvalue weighted by Gasteiger charge is -2.37. The number of aromatic nitrogens is 1. The molecule has 3 heteroatoms. The zero-order valence-electron chi connectivity index (χ0n) is 16.5. The molecule has 1 unspecified atom stereocenters. The van der Waals surface area contributed by atoms with Crippen LogP contribution >= 0.6 is 0 Å². The van der Waals surface area contributed by atoms with Crippen LogP contribution in [0.1, 0.15) is 42.0 Å². The second-order valence-electron chi connectivity index (χ2n) is 8.44. The number of hydrogen-bond donors (Lipinski definition) is 1. The number of likely N-dealkylation sites (N-methyl/N-ethyl adjacent to an activating group) is 1. The molecule has 0 saturated heterocycles. The van der Waals surface area contributed by atoms with Gasteiger partial charge in [-0.25, -0.2) is 0 Å². The first-order chi connectivity index (χ1) is 12.4. The van der Waals surface area contributed by atoms with Crippen LogP contribution in [-0.2, 0) is 12.1 Å². The van der Waals surface area contributed by atoms with Crippen molar-refractivity contribution in [2.75, 3.05) is 27.7 Å². The Morgan fingerprint density at radius 2 is 1.88 bits per heavy atom. The molecule has 3 nitrogen and oxygen atoms in total. The highest BCUT2D eigenvalue weighted by Crippen LogP contribution is 2.37. The zero-order valence-corrected chi connectivity index (χ0v) is 16.5. The standard InChI is InChI=1S/C23H29N3/c1-23(2,25(3)4)19-7-8-20-18(13-19)14-26(5)15-21(20)16-6-9-22-17(12-16)10-11-24-22/h6-13,21,24H,14-15H2,1-5H3. The van der Waals surface area contributed by atoms with E-state index in [0.29, 0.717) is 5.92 Å². The second-order valence-corrected chi connectivity index (χ2v) is 8.44. The van der Waals surface area contributed by atoms with Crippen molar-refractivity contribution in [2.45, 2.75) is 31.8 Å². The quantitative estimate of drug-likeness (QED) is 0.751. The molecule has 2 heterocycles. The van der Waals surface area contributed by atoms with Crippen molar-refractivity contribution in [3.8, 4) is 0 Å². The van der Waals surface area contributed by atoms with Crippen LogP contribution in [0.25, 0.3) is 10.9 Å². The van der Waals surface area contributed by atoms with Gasteiger partial charge in [0.1, 0.15) is 0 Å². The van der Waals surface area contributed by atoms with Crippen molar-refractivity contribution in [3.63, 3.8) is 0 Å². The van der Waals surface area contributed by atoms with Crippen LogP contribution in [0.4, 0.5) is 0 Å². The molecule has 0 amide bonds. The summed E-state index contributed by atoms with van der Waals surface area (Å²) in [6.07, 6.45) is 2.02. The zero-order chi connectivity index (χ0) is 18.5. The molecule has 0 aliphatic carbocycles. The van der Waals surface area contributed by atoms with Crippen molar-refractivity contribution in [1.29, 1.82) is 0 Å². The fraction of sp³-hybridized carbons (Fsp3) is 0.391. The summed E-state index contributed by atoms with van der Waals surface area (Å²) in [7, 11) is 6.54. The van der Waals surface area contributed by atoms with Gasteiger partial charge in [0, 0.05) is 36.3 Å². The highest BCUT2D eigenvalue weighted by atomic mass is 15.1. The first kappa shape index (κ1) is 17.3. The third kappa shape index (κ3) is 2.85. The molecule has 0 saturated carbocycles. The lowest BCUT2D eigenvalue weighted by atomic mass is 9.81. The largest absolute Gasteiger partial charge is 0.361 e. The predicted octanol–water partition coefficient (Wildman–Crippen LogP) is 4.54. The number of nitrogens with zero attached hydrogens (tertiary/aromatic N) is 2. The van der Waals surface area contributed by atoms with Crippen LogP contribution in [-0.4, -0.2) is 42.5 Å². The Morgan fingerprint density at radius 1 is 1.08 bits per heavy atom. The third-order valence-electron chi connectivity index (χ3n) is 6.26. The Bertz CT molecular complexity index is 936. The van der Waals surface area contributed by atoms with Gasteiger partial charge >= 0.3 is 0 Å². The summed E-state index contributed by atoms with van der Waals surface area (Å²) in [5, 5.41) is 1.29. The van der Waals surface area contributed by atoms with Crippen molar-refractivity contribution in [2.24, 2.45) is 0 Å². The van der Waals surface area contributed by atoms with Crippen LogP contribution in [0.5, 0.6) is 0 Å². The molecule has 1 atom stereocenters. The van der Waals surface area contributed by atoms with Gasteiger partial charge in [-0.1, -0.05) is 24.3 Å². The Labute approximate surface area is 156 Å². The van der Waals surface area contributed by atoms with Crippen molar-refractivity contribution < 1.29 is 0 Å². The van der Waals surface area contributed by atoms with Gasteiger partial charge in [-0.3, -0.25) is 0 Å². The van der Waals surface area contributed by atoms with Gasteiger partial charge < -0.3 is 14.8 Å². The van der Waals surface area contributed by atoms with E-state index in [2.05, 4.69) is 92.2 Å². The number of H-pyrrole nitrogens is 1. The summed E-state index contributed by atoms with van der Waals surface area (Å²) < 4.78 is 0. The summed E-state index contributed by atoms with van der Waals surface area (Å²) >= 11 is 0. The fourth-order valence-electron chi connectivity index (χ4n) is 4.06. The number of hydrogen-bond acceptors (Lipinski definition) is 2. The van der Waals surface area contributed by atoms with E-state index in [4.69, 9.17) is 0 Å². The monoisotopic (exact) mass is 347 g/mol. The Morgan fingerprint density at radius 3 is 2.65 bits per heavy atom. The minimum absolute atomic E-state index is 0.0323. The number of benzene rings is 2. The maximum absolute atomic E-state index is 3.30. The van der Waals surface area contributed by atoms with Gasteiger partial charge in [-0.15, -0.1) is 0 Å². The minimum Gasteiger partial charge on any atom is -0.361 e. The summed E-state index contributed by atoms with van der Waals surface area (Å²) in [5.41, 5.74) is 6.98. The van der Waals surface area contributed by atoms with Crippen LogP contribution in [0.2, 0.25) is 0 Å². The highest BCUT2D eigenvalue weighted by molar-refractivity contribution is 5.80. The van der Waals surface area contributed by atoms with Crippen LogP contribution in [0, 0.1) is 0 Å². The van der Waals surface area contributed by atoms with Crippen LogP contribution in [0.15, 0.2) is 48.7 Å². The molecule has 1 aliphatic heterocycles. The van der Waals surface area contributed by atoms with Crippen molar-refractivity contribution in [3.05, 3.63) is 70.9 Å². The first-order valence-corrected chi connectivity index (χ1v) is 9.42. The van der Waals surface area contributed by atoms with Crippen molar-refractivity contribution in [1.82, 2.24) is 14.8 Å². The summed E-state index contributed by atoms with van der Waals surface area (Å²) in [5.74, 6) is 0.430. The molecule has 1 aliphatic rings. The molecule has 26 heavy (non-hydrogen) atoms. The molecule has 0 spiro atoms. The number of aromatic amines is 1. The van der Waals surface area contributed by atoms with E-state index in [9.17, 15) is 0 Å². The number of rotatable bonds is 3. The molecular weight excluding hydrogens is 318 g/mol. The summed E-state index contributed by atoms with van der Waals surface area (Å²) in [6.45, 7) is 6.67. The fourth-order valence-corrected chi connectivity index (χ4v) is 4.06. The van der Waals surface area contributed by atoms with E-state index >= 15 is 0 Å². The van der Waals surface area contributed by atoms with Crippen molar-refractivity contribution >= 4 is 10.9 Å². The van der Waals surface area contributed by atoms with Gasteiger partial charge in [0.25, 0.3) is 0 Å². The molecule has 4 rings (SSSR count). The SMILES string of the molecule is CN1Cc2cc(C(C)(C)N(C)C)ccc2C(c2ccc3[nH]ccc3c2)C1. The summed E-state index contributed by atoms with van der Waals surface area (Å²) in [6, 6.07) is 16.1. The van der Waals surface area contributed by atoms with Gasteiger partial charge in [-0.2, -0.15) is 0 Å². The van der Waals surface area contributed by atoms with Gasteiger partial charge in [0.2, 0.25) is 0 Å². The maximum Gasteiger partial charge on any atom is 0.0454 e. The van der Waals surface area contributed by atoms with E-state index in [-0.39, 0.29) is 5.54 Å². The van der Waals surface area contributed by atoms with Crippen LogP contribution in [0.3, 0.4) is 0 Å². The normalized spacial score (nSPS) is 18.5. The smallest absolute Gasteiger partial charge is 0.0454 e. The molecule has 0 fully saturated rings. The Kier molecular flexibility index (Phi) is 4.17.